The monoisotopic (exact) mass is 414 g/mol. The van der Waals surface area contributed by atoms with E-state index in [1.54, 1.807) is 42.5 Å². The Morgan fingerprint density at radius 2 is 1.93 bits per heavy atom. The standard InChI is InChI=1S/C21H19ClN2O5/c1-14(21(26)24-17-7-5-16(22)6-8-17)29-20(25)10-4-15-3-9-18(28-12-11-23)19(13-15)27-2/h3-10,13-14H,12H2,1-2H3,(H,24,26)/b10-4+/t14-/m0/s1. The van der Waals surface area contributed by atoms with Crippen molar-refractivity contribution in [3.63, 3.8) is 0 Å². The lowest BCUT2D eigenvalue weighted by Crippen LogP contribution is -2.29. The van der Waals surface area contributed by atoms with E-state index in [4.69, 9.17) is 31.1 Å². The molecule has 0 fully saturated rings. The topological polar surface area (TPSA) is 97.7 Å². The summed E-state index contributed by atoms with van der Waals surface area (Å²) in [5, 5.41) is 11.8. The van der Waals surface area contributed by atoms with Crippen molar-refractivity contribution in [3.05, 3.63) is 59.1 Å². The van der Waals surface area contributed by atoms with Gasteiger partial charge in [-0.3, -0.25) is 4.79 Å². The highest BCUT2D eigenvalue weighted by molar-refractivity contribution is 6.30. The number of ether oxygens (including phenoxy) is 3. The molecule has 0 spiro atoms. The SMILES string of the molecule is COc1cc(/C=C/C(=O)O[C@@H](C)C(=O)Nc2ccc(Cl)cc2)ccc1OCC#N. The van der Waals surface area contributed by atoms with E-state index in [0.29, 0.717) is 27.8 Å². The molecule has 29 heavy (non-hydrogen) atoms. The van der Waals surface area contributed by atoms with Crippen LogP contribution in [0.4, 0.5) is 5.69 Å². The molecule has 0 aliphatic heterocycles. The average molecular weight is 415 g/mol. The second-order valence-corrected chi connectivity index (χ2v) is 6.20. The molecule has 150 valence electrons. The number of rotatable bonds is 8. The highest BCUT2D eigenvalue weighted by Crippen LogP contribution is 2.28. The minimum absolute atomic E-state index is 0.103. The lowest BCUT2D eigenvalue weighted by molar-refractivity contribution is -0.148. The molecule has 0 heterocycles. The number of anilines is 1. The van der Waals surface area contributed by atoms with E-state index >= 15 is 0 Å². The molecule has 0 saturated heterocycles. The van der Waals surface area contributed by atoms with Crippen molar-refractivity contribution >= 4 is 35.2 Å². The smallest absolute Gasteiger partial charge is 0.331 e. The summed E-state index contributed by atoms with van der Waals surface area (Å²) in [6, 6.07) is 13.4. The molecule has 0 aliphatic carbocycles. The molecule has 0 aromatic heterocycles. The van der Waals surface area contributed by atoms with Crippen LogP contribution in [0.3, 0.4) is 0 Å². The van der Waals surface area contributed by atoms with Crippen LogP contribution >= 0.6 is 11.6 Å². The van der Waals surface area contributed by atoms with Gasteiger partial charge in [0.25, 0.3) is 5.91 Å². The average Bonchev–Trinajstić information content (AvgIpc) is 2.72. The Bertz CT molecular complexity index is 935. The molecule has 7 nitrogen and oxygen atoms in total. The van der Waals surface area contributed by atoms with E-state index in [9.17, 15) is 9.59 Å². The fraction of sp³-hybridized carbons (Fsp3) is 0.190. The van der Waals surface area contributed by atoms with Gasteiger partial charge in [-0.15, -0.1) is 0 Å². The number of amides is 1. The number of nitrogens with zero attached hydrogens (tertiary/aromatic N) is 1. The Hall–Kier alpha value is -3.50. The molecule has 8 heteroatoms. The summed E-state index contributed by atoms with van der Waals surface area (Å²) in [7, 11) is 1.47. The van der Waals surface area contributed by atoms with E-state index in [-0.39, 0.29) is 6.61 Å². The van der Waals surface area contributed by atoms with Crippen LogP contribution in [0, 0.1) is 11.3 Å². The molecule has 0 saturated carbocycles. The lowest BCUT2D eigenvalue weighted by atomic mass is 10.2. The van der Waals surface area contributed by atoms with Gasteiger partial charge in [0, 0.05) is 16.8 Å². The predicted molar refractivity (Wildman–Crippen MR) is 109 cm³/mol. The lowest BCUT2D eigenvalue weighted by Gasteiger charge is -2.12. The largest absolute Gasteiger partial charge is 0.493 e. The van der Waals surface area contributed by atoms with Crippen molar-refractivity contribution in [2.45, 2.75) is 13.0 Å². The molecule has 1 amide bonds. The van der Waals surface area contributed by atoms with Crippen LogP contribution < -0.4 is 14.8 Å². The molecule has 2 rings (SSSR count). The molecule has 1 atom stereocenters. The van der Waals surface area contributed by atoms with Crippen LogP contribution in [0.1, 0.15) is 12.5 Å². The zero-order valence-corrected chi connectivity index (χ0v) is 16.6. The van der Waals surface area contributed by atoms with Crippen LogP contribution in [0.25, 0.3) is 6.08 Å². The van der Waals surface area contributed by atoms with Gasteiger partial charge in [0.05, 0.1) is 7.11 Å². The first kappa shape index (κ1) is 21.8. The summed E-state index contributed by atoms with van der Waals surface area (Å²) in [6.07, 6.45) is 1.73. The Balaban J connectivity index is 1.93. The first-order valence-corrected chi connectivity index (χ1v) is 8.93. The number of nitriles is 1. The number of methoxy groups -OCH3 is 1. The number of carbonyl (C=O) groups excluding carboxylic acids is 2. The number of benzene rings is 2. The fourth-order valence-electron chi connectivity index (χ4n) is 2.23. The van der Waals surface area contributed by atoms with E-state index in [2.05, 4.69) is 5.32 Å². The number of hydrogen-bond donors (Lipinski definition) is 1. The molecule has 0 bridgehead atoms. The molecule has 0 aliphatic rings. The van der Waals surface area contributed by atoms with E-state index in [0.717, 1.165) is 0 Å². The maximum Gasteiger partial charge on any atom is 0.331 e. The van der Waals surface area contributed by atoms with Gasteiger partial charge in [0.15, 0.2) is 24.2 Å². The van der Waals surface area contributed by atoms with Crippen molar-refractivity contribution in [1.29, 1.82) is 5.26 Å². The van der Waals surface area contributed by atoms with Gasteiger partial charge in [0.2, 0.25) is 0 Å². The van der Waals surface area contributed by atoms with Crippen molar-refractivity contribution in [2.75, 3.05) is 19.0 Å². The molecule has 0 unspecified atom stereocenters. The van der Waals surface area contributed by atoms with E-state index < -0.39 is 18.0 Å². The summed E-state index contributed by atoms with van der Waals surface area (Å²) >= 11 is 5.80. The van der Waals surface area contributed by atoms with Gasteiger partial charge >= 0.3 is 5.97 Å². The Labute approximate surface area is 173 Å². The molecule has 1 N–H and O–H groups in total. The zero-order chi connectivity index (χ0) is 21.2. The summed E-state index contributed by atoms with van der Waals surface area (Å²) in [5.41, 5.74) is 1.20. The number of hydrogen-bond acceptors (Lipinski definition) is 6. The number of esters is 1. The van der Waals surface area contributed by atoms with Crippen molar-refractivity contribution < 1.29 is 23.8 Å². The quantitative estimate of drug-likeness (QED) is 0.520. The van der Waals surface area contributed by atoms with Crippen LogP contribution in [0.15, 0.2) is 48.5 Å². The zero-order valence-electron chi connectivity index (χ0n) is 15.8. The van der Waals surface area contributed by atoms with Gasteiger partial charge in [-0.05, 0) is 55.0 Å². The molecule has 2 aromatic carbocycles. The number of carbonyl (C=O) groups is 2. The maximum absolute atomic E-state index is 12.1. The van der Waals surface area contributed by atoms with Gasteiger partial charge in [-0.1, -0.05) is 17.7 Å². The third-order valence-corrected chi connectivity index (χ3v) is 3.92. The highest BCUT2D eigenvalue weighted by atomic mass is 35.5. The fourth-order valence-corrected chi connectivity index (χ4v) is 2.35. The molecular formula is C21H19ClN2O5. The summed E-state index contributed by atoms with van der Waals surface area (Å²) in [6.45, 7) is 1.37. The van der Waals surface area contributed by atoms with Crippen LogP contribution in [0.2, 0.25) is 5.02 Å². The van der Waals surface area contributed by atoms with Gasteiger partial charge in [0.1, 0.15) is 6.07 Å². The highest BCUT2D eigenvalue weighted by Gasteiger charge is 2.16. The predicted octanol–water partition coefficient (Wildman–Crippen LogP) is 3.83. The third kappa shape index (κ3) is 6.87. The summed E-state index contributed by atoms with van der Waals surface area (Å²) in [5.74, 6) is -0.296. The van der Waals surface area contributed by atoms with Crippen LogP contribution in [0.5, 0.6) is 11.5 Å². The minimum atomic E-state index is -0.987. The summed E-state index contributed by atoms with van der Waals surface area (Å²) in [4.78, 5) is 24.1. The Kier molecular flexibility index (Phi) is 8.07. The molecule has 2 aromatic rings. The number of nitrogens with one attached hydrogen (secondary N) is 1. The van der Waals surface area contributed by atoms with Crippen LogP contribution in [-0.4, -0.2) is 31.7 Å². The maximum atomic E-state index is 12.1. The van der Waals surface area contributed by atoms with Crippen molar-refractivity contribution in [3.8, 4) is 17.6 Å². The first-order chi connectivity index (χ1) is 13.9. The summed E-state index contributed by atoms with van der Waals surface area (Å²) < 4.78 is 15.6. The Morgan fingerprint density at radius 3 is 2.59 bits per heavy atom. The van der Waals surface area contributed by atoms with Gasteiger partial charge in [-0.25, -0.2) is 4.79 Å². The van der Waals surface area contributed by atoms with Gasteiger partial charge in [-0.2, -0.15) is 5.26 Å². The van der Waals surface area contributed by atoms with Crippen LogP contribution in [-0.2, 0) is 14.3 Å². The van der Waals surface area contributed by atoms with E-state index in [1.165, 1.54) is 26.2 Å². The van der Waals surface area contributed by atoms with Crippen molar-refractivity contribution in [1.82, 2.24) is 0 Å². The van der Waals surface area contributed by atoms with Gasteiger partial charge < -0.3 is 19.5 Å². The normalized spacial score (nSPS) is 11.4. The number of halogens is 1. The second-order valence-electron chi connectivity index (χ2n) is 5.77. The molecule has 0 radical (unpaired) electrons. The second kappa shape index (κ2) is 10.7. The molecular weight excluding hydrogens is 396 g/mol. The minimum Gasteiger partial charge on any atom is -0.493 e. The first-order valence-electron chi connectivity index (χ1n) is 8.56. The van der Waals surface area contributed by atoms with E-state index in [1.807, 2.05) is 6.07 Å². The Morgan fingerprint density at radius 1 is 1.21 bits per heavy atom. The van der Waals surface area contributed by atoms with Crippen molar-refractivity contribution in [2.24, 2.45) is 0 Å². The third-order valence-electron chi connectivity index (χ3n) is 3.67.